The van der Waals surface area contributed by atoms with E-state index in [1.54, 1.807) is 0 Å². The van der Waals surface area contributed by atoms with E-state index in [2.05, 4.69) is 46.8 Å². The van der Waals surface area contributed by atoms with E-state index in [9.17, 15) is 0 Å². The highest BCUT2D eigenvalue weighted by molar-refractivity contribution is 9.09. The van der Waals surface area contributed by atoms with Crippen LogP contribution in [-0.4, -0.2) is 11.9 Å². The molecule has 0 atom stereocenters. The van der Waals surface area contributed by atoms with Crippen LogP contribution in [0, 0.1) is 0 Å². The number of unbranched alkanes of at least 4 members (excludes halogenated alkanes) is 1. The highest BCUT2D eigenvalue weighted by Crippen LogP contribution is 2.07. The molecule has 0 saturated carbocycles. The van der Waals surface area contributed by atoms with Gasteiger partial charge in [-0.3, -0.25) is 0 Å². The Labute approximate surface area is 100 Å². The standard InChI is InChI=1S/C13H17BrO/c1-2-12-5-7-13(8-6-12)11-15-10-4-3-9-14/h2,5-8H,1,3-4,9-11H2. The molecule has 1 nitrogen and oxygen atoms in total. The SMILES string of the molecule is C=Cc1ccc(COCCCCBr)cc1. The number of benzene rings is 1. The Bertz CT molecular complexity index is 279. The van der Waals surface area contributed by atoms with Crippen molar-refractivity contribution >= 4 is 22.0 Å². The summed E-state index contributed by atoms with van der Waals surface area (Å²) >= 11 is 3.40. The van der Waals surface area contributed by atoms with Crippen LogP contribution in [0.4, 0.5) is 0 Å². The van der Waals surface area contributed by atoms with Gasteiger partial charge in [-0.15, -0.1) is 0 Å². The van der Waals surface area contributed by atoms with Crippen LogP contribution in [0.25, 0.3) is 6.08 Å². The van der Waals surface area contributed by atoms with Gasteiger partial charge in [0.15, 0.2) is 0 Å². The number of alkyl halides is 1. The molecule has 0 aliphatic carbocycles. The molecule has 2 heteroatoms. The Morgan fingerprint density at radius 3 is 2.53 bits per heavy atom. The summed E-state index contributed by atoms with van der Waals surface area (Å²) in [5, 5.41) is 1.06. The van der Waals surface area contributed by atoms with Crippen molar-refractivity contribution in [3.8, 4) is 0 Å². The minimum atomic E-state index is 0.708. The molecule has 0 aromatic heterocycles. The first kappa shape index (κ1) is 12.5. The smallest absolute Gasteiger partial charge is 0.0716 e. The number of ether oxygens (including phenoxy) is 1. The molecule has 0 N–H and O–H groups in total. The highest BCUT2D eigenvalue weighted by atomic mass is 79.9. The molecule has 0 saturated heterocycles. The maximum atomic E-state index is 5.55. The number of halogens is 1. The molecular weight excluding hydrogens is 252 g/mol. The largest absolute Gasteiger partial charge is 0.377 e. The molecule has 0 aliphatic heterocycles. The Hall–Kier alpha value is -0.600. The quantitative estimate of drug-likeness (QED) is 0.536. The molecule has 1 aromatic rings. The predicted octanol–water partition coefficient (Wildman–Crippen LogP) is 4.02. The van der Waals surface area contributed by atoms with Gasteiger partial charge in [-0.05, 0) is 24.0 Å². The van der Waals surface area contributed by atoms with Crippen LogP contribution in [0.2, 0.25) is 0 Å². The third kappa shape index (κ3) is 5.14. The molecule has 0 unspecified atom stereocenters. The Kier molecular flexibility index (Phi) is 6.37. The van der Waals surface area contributed by atoms with E-state index >= 15 is 0 Å². The second-order valence-corrected chi connectivity index (χ2v) is 4.19. The molecule has 1 aromatic carbocycles. The molecule has 0 amide bonds. The molecule has 82 valence electrons. The Balaban J connectivity index is 2.22. The van der Waals surface area contributed by atoms with Gasteiger partial charge in [0.1, 0.15) is 0 Å². The lowest BCUT2D eigenvalue weighted by molar-refractivity contribution is 0.118. The maximum absolute atomic E-state index is 5.55. The monoisotopic (exact) mass is 268 g/mol. The minimum Gasteiger partial charge on any atom is -0.377 e. The molecule has 0 spiro atoms. The van der Waals surface area contributed by atoms with Crippen molar-refractivity contribution in [2.45, 2.75) is 19.4 Å². The zero-order chi connectivity index (χ0) is 10.9. The summed E-state index contributed by atoms with van der Waals surface area (Å²) < 4.78 is 5.55. The van der Waals surface area contributed by atoms with Crippen LogP contribution in [0.5, 0.6) is 0 Å². The van der Waals surface area contributed by atoms with Crippen molar-refractivity contribution in [1.82, 2.24) is 0 Å². The summed E-state index contributed by atoms with van der Waals surface area (Å²) in [6.07, 6.45) is 4.14. The van der Waals surface area contributed by atoms with Gasteiger partial charge in [0.25, 0.3) is 0 Å². The van der Waals surface area contributed by atoms with E-state index in [0.717, 1.165) is 23.9 Å². The molecule has 0 fully saturated rings. The maximum Gasteiger partial charge on any atom is 0.0716 e. The fraction of sp³-hybridized carbons (Fsp3) is 0.385. The first-order chi connectivity index (χ1) is 7.36. The summed E-state index contributed by atoms with van der Waals surface area (Å²) in [6.45, 7) is 5.27. The average molecular weight is 269 g/mol. The number of hydrogen-bond acceptors (Lipinski definition) is 1. The first-order valence-corrected chi connectivity index (χ1v) is 6.34. The zero-order valence-electron chi connectivity index (χ0n) is 8.92. The first-order valence-electron chi connectivity index (χ1n) is 5.22. The third-order valence-corrected chi connectivity index (χ3v) is 2.72. The van der Waals surface area contributed by atoms with Crippen molar-refractivity contribution in [3.05, 3.63) is 42.0 Å². The molecule has 0 bridgehead atoms. The zero-order valence-corrected chi connectivity index (χ0v) is 10.5. The fourth-order valence-electron chi connectivity index (χ4n) is 1.24. The van der Waals surface area contributed by atoms with Crippen LogP contribution >= 0.6 is 15.9 Å². The van der Waals surface area contributed by atoms with Gasteiger partial charge in [-0.2, -0.15) is 0 Å². The summed E-state index contributed by atoms with van der Waals surface area (Å²) in [4.78, 5) is 0. The summed E-state index contributed by atoms with van der Waals surface area (Å²) in [5.74, 6) is 0. The van der Waals surface area contributed by atoms with Crippen molar-refractivity contribution in [2.24, 2.45) is 0 Å². The lowest BCUT2D eigenvalue weighted by Gasteiger charge is -2.04. The van der Waals surface area contributed by atoms with Crippen LogP contribution in [-0.2, 0) is 11.3 Å². The van der Waals surface area contributed by atoms with Gasteiger partial charge in [0.05, 0.1) is 6.61 Å². The Morgan fingerprint density at radius 1 is 1.20 bits per heavy atom. The second kappa shape index (κ2) is 7.66. The normalized spacial score (nSPS) is 10.2. The van der Waals surface area contributed by atoms with Crippen molar-refractivity contribution in [1.29, 1.82) is 0 Å². The van der Waals surface area contributed by atoms with E-state index in [0.29, 0.717) is 6.61 Å². The van der Waals surface area contributed by atoms with E-state index in [-0.39, 0.29) is 0 Å². The van der Waals surface area contributed by atoms with Crippen molar-refractivity contribution in [2.75, 3.05) is 11.9 Å². The number of rotatable bonds is 7. The molecule has 1 rings (SSSR count). The van der Waals surface area contributed by atoms with Gasteiger partial charge < -0.3 is 4.74 Å². The van der Waals surface area contributed by atoms with Gasteiger partial charge in [-0.1, -0.05) is 52.9 Å². The van der Waals surface area contributed by atoms with E-state index < -0.39 is 0 Å². The molecule has 15 heavy (non-hydrogen) atoms. The second-order valence-electron chi connectivity index (χ2n) is 3.39. The topological polar surface area (TPSA) is 9.23 Å². The lowest BCUT2D eigenvalue weighted by Crippen LogP contribution is -1.95. The van der Waals surface area contributed by atoms with Gasteiger partial charge in [-0.25, -0.2) is 0 Å². The van der Waals surface area contributed by atoms with Gasteiger partial charge in [0.2, 0.25) is 0 Å². The molecule has 0 heterocycles. The lowest BCUT2D eigenvalue weighted by atomic mass is 10.1. The van der Waals surface area contributed by atoms with Crippen LogP contribution in [0.1, 0.15) is 24.0 Å². The average Bonchev–Trinajstić information content (AvgIpc) is 2.30. The van der Waals surface area contributed by atoms with E-state index in [1.165, 1.54) is 12.0 Å². The summed E-state index contributed by atoms with van der Waals surface area (Å²) in [7, 11) is 0. The van der Waals surface area contributed by atoms with Gasteiger partial charge >= 0.3 is 0 Å². The van der Waals surface area contributed by atoms with E-state index in [4.69, 9.17) is 4.74 Å². The summed E-state index contributed by atoms with van der Waals surface area (Å²) in [5.41, 5.74) is 2.37. The fourth-order valence-corrected chi connectivity index (χ4v) is 1.64. The molecular formula is C13H17BrO. The minimum absolute atomic E-state index is 0.708. The third-order valence-electron chi connectivity index (χ3n) is 2.16. The Morgan fingerprint density at radius 2 is 1.93 bits per heavy atom. The summed E-state index contributed by atoms with van der Waals surface area (Å²) in [6, 6.07) is 8.29. The highest BCUT2D eigenvalue weighted by Gasteiger charge is 1.93. The van der Waals surface area contributed by atoms with Crippen molar-refractivity contribution < 1.29 is 4.74 Å². The van der Waals surface area contributed by atoms with Crippen LogP contribution < -0.4 is 0 Å². The van der Waals surface area contributed by atoms with Crippen molar-refractivity contribution in [3.63, 3.8) is 0 Å². The van der Waals surface area contributed by atoms with Crippen LogP contribution in [0.3, 0.4) is 0 Å². The number of hydrogen-bond donors (Lipinski definition) is 0. The molecule has 0 radical (unpaired) electrons. The predicted molar refractivity (Wildman–Crippen MR) is 69.2 cm³/mol. The van der Waals surface area contributed by atoms with E-state index in [1.807, 2.05) is 6.08 Å². The van der Waals surface area contributed by atoms with Crippen LogP contribution in [0.15, 0.2) is 30.8 Å². The molecule has 0 aliphatic rings. The van der Waals surface area contributed by atoms with Gasteiger partial charge in [0, 0.05) is 11.9 Å².